The van der Waals surface area contributed by atoms with E-state index >= 15 is 0 Å². The second-order valence-electron chi connectivity index (χ2n) is 5.18. The fourth-order valence-electron chi connectivity index (χ4n) is 2.45. The van der Waals surface area contributed by atoms with E-state index in [0.29, 0.717) is 12.5 Å². The molecule has 0 heterocycles. The van der Waals surface area contributed by atoms with Gasteiger partial charge in [-0.25, -0.2) is 0 Å². The average molecular weight is 257 g/mol. The van der Waals surface area contributed by atoms with Gasteiger partial charge in [-0.1, -0.05) is 50.6 Å². The second kappa shape index (κ2) is 6.58. The highest BCUT2D eigenvalue weighted by atomic mass is 16.5. The molecule has 1 unspecified atom stereocenters. The largest absolute Gasteiger partial charge is 0.493 e. The number of hydrogen-bond donors (Lipinski definition) is 1. The molecule has 2 aromatic carbocycles. The van der Waals surface area contributed by atoms with Gasteiger partial charge in [-0.05, 0) is 29.4 Å². The van der Waals surface area contributed by atoms with E-state index in [1.807, 2.05) is 18.2 Å². The van der Waals surface area contributed by atoms with Gasteiger partial charge in [0.05, 0.1) is 6.61 Å². The van der Waals surface area contributed by atoms with Crippen molar-refractivity contribution in [3.63, 3.8) is 0 Å². The summed E-state index contributed by atoms with van der Waals surface area (Å²) in [5, 5.41) is 2.36. The zero-order valence-electron chi connectivity index (χ0n) is 11.9. The van der Waals surface area contributed by atoms with Gasteiger partial charge in [0.15, 0.2) is 0 Å². The summed E-state index contributed by atoms with van der Waals surface area (Å²) in [6.45, 7) is 5.79. The molecule has 0 aliphatic heterocycles. The number of fused-ring (bicyclic) bond motifs is 1. The standard InChI is InChI=1S/C17H23NO/c1-3-6-13(2)12-19-17-10-9-14(11-18)15-7-4-5-8-16(15)17/h4-5,7-10,13H,3,6,11-12,18H2,1-2H3. The van der Waals surface area contributed by atoms with Crippen molar-refractivity contribution in [2.24, 2.45) is 11.7 Å². The van der Waals surface area contributed by atoms with Crippen molar-refractivity contribution in [1.29, 1.82) is 0 Å². The molecule has 1 atom stereocenters. The van der Waals surface area contributed by atoms with E-state index in [9.17, 15) is 0 Å². The molecule has 2 rings (SSSR count). The molecule has 2 nitrogen and oxygen atoms in total. The summed E-state index contributed by atoms with van der Waals surface area (Å²) in [7, 11) is 0. The van der Waals surface area contributed by atoms with Crippen LogP contribution in [0.5, 0.6) is 5.75 Å². The van der Waals surface area contributed by atoms with E-state index < -0.39 is 0 Å². The monoisotopic (exact) mass is 257 g/mol. The maximum atomic E-state index is 5.99. The van der Waals surface area contributed by atoms with Crippen molar-refractivity contribution < 1.29 is 4.74 Å². The number of hydrogen-bond acceptors (Lipinski definition) is 2. The fraction of sp³-hybridized carbons (Fsp3) is 0.412. The first kappa shape index (κ1) is 13.9. The molecule has 0 amide bonds. The third-order valence-electron chi connectivity index (χ3n) is 3.50. The molecule has 0 aliphatic rings. The van der Waals surface area contributed by atoms with E-state index in [0.717, 1.165) is 17.7 Å². The van der Waals surface area contributed by atoms with Crippen LogP contribution >= 0.6 is 0 Å². The van der Waals surface area contributed by atoms with Gasteiger partial charge in [0.1, 0.15) is 5.75 Å². The minimum atomic E-state index is 0.563. The number of rotatable bonds is 6. The first-order chi connectivity index (χ1) is 9.26. The Morgan fingerprint density at radius 2 is 1.84 bits per heavy atom. The average Bonchev–Trinajstić information content (AvgIpc) is 2.45. The van der Waals surface area contributed by atoms with Crippen LogP contribution in [0.1, 0.15) is 32.3 Å². The smallest absolute Gasteiger partial charge is 0.127 e. The van der Waals surface area contributed by atoms with E-state index in [1.54, 1.807) is 0 Å². The van der Waals surface area contributed by atoms with Crippen molar-refractivity contribution in [1.82, 2.24) is 0 Å². The van der Waals surface area contributed by atoms with Gasteiger partial charge >= 0.3 is 0 Å². The van der Waals surface area contributed by atoms with Gasteiger partial charge in [-0.15, -0.1) is 0 Å². The van der Waals surface area contributed by atoms with Crippen LogP contribution in [-0.2, 0) is 6.54 Å². The van der Waals surface area contributed by atoms with Crippen molar-refractivity contribution in [3.8, 4) is 5.75 Å². The Kier molecular flexibility index (Phi) is 4.80. The highest BCUT2D eigenvalue weighted by molar-refractivity contribution is 5.91. The molecule has 0 saturated carbocycles. The maximum Gasteiger partial charge on any atom is 0.127 e. The Morgan fingerprint density at radius 1 is 1.11 bits per heavy atom. The molecule has 19 heavy (non-hydrogen) atoms. The molecule has 0 fully saturated rings. The van der Waals surface area contributed by atoms with Crippen LogP contribution in [0.15, 0.2) is 36.4 Å². The lowest BCUT2D eigenvalue weighted by molar-refractivity contribution is 0.254. The van der Waals surface area contributed by atoms with Gasteiger partial charge in [0.2, 0.25) is 0 Å². The molecule has 0 saturated heterocycles. The first-order valence-corrected chi connectivity index (χ1v) is 7.09. The van der Waals surface area contributed by atoms with Crippen LogP contribution in [0, 0.1) is 5.92 Å². The van der Waals surface area contributed by atoms with Crippen LogP contribution in [-0.4, -0.2) is 6.61 Å². The molecule has 2 aromatic rings. The molecule has 0 aliphatic carbocycles. The van der Waals surface area contributed by atoms with Crippen molar-refractivity contribution in [2.45, 2.75) is 33.2 Å². The Morgan fingerprint density at radius 3 is 2.53 bits per heavy atom. The highest BCUT2D eigenvalue weighted by Crippen LogP contribution is 2.28. The van der Waals surface area contributed by atoms with Gasteiger partial charge in [0, 0.05) is 11.9 Å². The summed E-state index contributed by atoms with van der Waals surface area (Å²) in [5.74, 6) is 1.56. The van der Waals surface area contributed by atoms with Crippen LogP contribution in [0.2, 0.25) is 0 Å². The molecule has 2 N–H and O–H groups in total. The fourth-order valence-corrected chi connectivity index (χ4v) is 2.45. The predicted molar refractivity (Wildman–Crippen MR) is 81.4 cm³/mol. The van der Waals surface area contributed by atoms with Crippen molar-refractivity contribution >= 4 is 10.8 Å². The first-order valence-electron chi connectivity index (χ1n) is 7.09. The summed E-state index contributed by atoms with van der Waals surface area (Å²) in [5.41, 5.74) is 6.96. The zero-order valence-corrected chi connectivity index (χ0v) is 11.9. The summed E-state index contributed by atoms with van der Waals surface area (Å²) in [6, 6.07) is 12.4. The van der Waals surface area contributed by atoms with Crippen LogP contribution in [0.3, 0.4) is 0 Å². The van der Waals surface area contributed by atoms with Crippen molar-refractivity contribution in [3.05, 3.63) is 42.0 Å². The third kappa shape index (κ3) is 3.27. The predicted octanol–water partition coefficient (Wildman–Crippen LogP) is 4.11. The lowest BCUT2D eigenvalue weighted by atomic mass is 10.0. The molecule has 102 valence electrons. The normalized spacial score (nSPS) is 12.6. The van der Waals surface area contributed by atoms with Crippen LogP contribution in [0.25, 0.3) is 10.8 Å². The molecule has 0 radical (unpaired) electrons. The Bertz CT molecular complexity index is 536. The summed E-state index contributed by atoms with van der Waals surface area (Å²) >= 11 is 0. The molecular formula is C17H23NO. The Labute approximate surface area is 115 Å². The van der Waals surface area contributed by atoms with Gasteiger partial charge in [-0.3, -0.25) is 0 Å². The molecule has 2 heteroatoms. The SMILES string of the molecule is CCCC(C)COc1ccc(CN)c2ccccc12. The Hall–Kier alpha value is -1.54. The molecule has 0 bridgehead atoms. The van der Waals surface area contributed by atoms with E-state index in [-0.39, 0.29) is 0 Å². The zero-order chi connectivity index (χ0) is 13.7. The van der Waals surface area contributed by atoms with E-state index in [2.05, 4.69) is 32.0 Å². The quantitative estimate of drug-likeness (QED) is 0.845. The van der Waals surface area contributed by atoms with Crippen molar-refractivity contribution in [2.75, 3.05) is 6.61 Å². The lowest BCUT2D eigenvalue weighted by Crippen LogP contribution is -2.08. The summed E-state index contributed by atoms with van der Waals surface area (Å²) < 4.78 is 5.99. The minimum absolute atomic E-state index is 0.563. The summed E-state index contributed by atoms with van der Waals surface area (Å²) in [4.78, 5) is 0. The number of benzene rings is 2. The Balaban J connectivity index is 2.24. The molecule has 0 aromatic heterocycles. The van der Waals surface area contributed by atoms with Gasteiger partial charge in [-0.2, -0.15) is 0 Å². The summed E-state index contributed by atoms with van der Waals surface area (Å²) in [6.07, 6.45) is 2.41. The van der Waals surface area contributed by atoms with Gasteiger partial charge < -0.3 is 10.5 Å². The number of ether oxygens (including phenoxy) is 1. The highest BCUT2D eigenvalue weighted by Gasteiger charge is 2.07. The second-order valence-corrected chi connectivity index (χ2v) is 5.18. The van der Waals surface area contributed by atoms with Gasteiger partial charge in [0.25, 0.3) is 0 Å². The van der Waals surface area contributed by atoms with E-state index in [4.69, 9.17) is 10.5 Å². The third-order valence-corrected chi connectivity index (χ3v) is 3.50. The topological polar surface area (TPSA) is 35.2 Å². The van der Waals surface area contributed by atoms with Crippen LogP contribution < -0.4 is 10.5 Å². The van der Waals surface area contributed by atoms with Crippen LogP contribution in [0.4, 0.5) is 0 Å². The minimum Gasteiger partial charge on any atom is -0.493 e. The lowest BCUT2D eigenvalue weighted by Gasteiger charge is -2.15. The molecule has 0 spiro atoms. The van der Waals surface area contributed by atoms with E-state index in [1.165, 1.54) is 23.8 Å². The molecular weight excluding hydrogens is 234 g/mol. The maximum absolute atomic E-state index is 5.99. The number of nitrogens with two attached hydrogens (primary N) is 1.